The van der Waals surface area contributed by atoms with Crippen LogP contribution in [0.5, 0.6) is 0 Å². The Morgan fingerprint density at radius 1 is 1.33 bits per heavy atom. The zero-order chi connectivity index (χ0) is 14.6. The Hall–Kier alpha value is -0.870. The molecule has 0 saturated carbocycles. The highest BCUT2D eigenvalue weighted by Gasteiger charge is 2.00. The second kappa shape index (κ2) is 12.8. The fourth-order valence-corrected chi connectivity index (χ4v) is 1.54. The van der Waals surface area contributed by atoms with Crippen molar-refractivity contribution in [2.24, 2.45) is 12.0 Å². The van der Waals surface area contributed by atoms with Crippen LogP contribution in [0.3, 0.4) is 0 Å². The molecule has 0 aromatic carbocycles. The molecular formula is C13H26IN5O2. The van der Waals surface area contributed by atoms with Crippen LogP contribution in [0.1, 0.15) is 12.6 Å². The van der Waals surface area contributed by atoms with E-state index < -0.39 is 0 Å². The van der Waals surface area contributed by atoms with Gasteiger partial charge in [0, 0.05) is 33.4 Å². The molecule has 1 aromatic heterocycles. The van der Waals surface area contributed by atoms with Crippen molar-refractivity contribution in [2.45, 2.75) is 13.5 Å². The van der Waals surface area contributed by atoms with Crippen molar-refractivity contribution >= 4 is 29.9 Å². The number of ether oxygens (including phenoxy) is 2. The summed E-state index contributed by atoms with van der Waals surface area (Å²) in [5.74, 6) is 0.782. The van der Waals surface area contributed by atoms with Gasteiger partial charge < -0.3 is 20.1 Å². The molecule has 21 heavy (non-hydrogen) atoms. The van der Waals surface area contributed by atoms with Crippen molar-refractivity contribution in [1.82, 2.24) is 20.4 Å². The van der Waals surface area contributed by atoms with Crippen LogP contribution in [0, 0.1) is 0 Å². The first-order chi connectivity index (χ1) is 9.77. The average Bonchev–Trinajstić information content (AvgIpc) is 2.85. The lowest BCUT2D eigenvalue weighted by Crippen LogP contribution is -2.39. The van der Waals surface area contributed by atoms with E-state index in [1.165, 1.54) is 0 Å². The zero-order valence-electron chi connectivity index (χ0n) is 13.0. The summed E-state index contributed by atoms with van der Waals surface area (Å²) < 4.78 is 12.1. The Morgan fingerprint density at radius 3 is 2.76 bits per heavy atom. The summed E-state index contributed by atoms with van der Waals surface area (Å²) in [5, 5.41) is 10.5. The fraction of sp³-hybridized carbons (Fsp3) is 0.692. The maximum atomic E-state index is 5.39. The predicted molar refractivity (Wildman–Crippen MR) is 94.1 cm³/mol. The van der Waals surface area contributed by atoms with Gasteiger partial charge in [-0.1, -0.05) is 0 Å². The second-order valence-electron chi connectivity index (χ2n) is 4.17. The molecule has 1 aromatic rings. The van der Waals surface area contributed by atoms with E-state index in [4.69, 9.17) is 9.47 Å². The smallest absolute Gasteiger partial charge is 0.191 e. The van der Waals surface area contributed by atoms with Crippen molar-refractivity contribution in [3.8, 4) is 0 Å². The van der Waals surface area contributed by atoms with Gasteiger partial charge in [-0.2, -0.15) is 5.10 Å². The molecule has 7 nitrogen and oxygen atoms in total. The Bertz CT molecular complexity index is 398. The standard InChI is InChI=1S/C13H25N5O2.HI/c1-4-14-13(15-7-8-20-10-9-19-3)16-11-12-5-6-17-18(12)2;/h5-6H,4,7-11H2,1-3H3,(H2,14,15,16);1H. The zero-order valence-corrected chi connectivity index (χ0v) is 15.3. The van der Waals surface area contributed by atoms with Crippen LogP contribution < -0.4 is 10.6 Å². The van der Waals surface area contributed by atoms with E-state index in [0.29, 0.717) is 32.9 Å². The summed E-state index contributed by atoms with van der Waals surface area (Å²) in [7, 11) is 3.57. The molecule has 1 heterocycles. The first kappa shape index (κ1) is 20.1. The summed E-state index contributed by atoms with van der Waals surface area (Å²) in [6, 6.07) is 1.96. The Kier molecular flexibility index (Phi) is 12.3. The molecule has 0 atom stereocenters. The van der Waals surface area contributed by atoms with E-state index in [0.717, 1.165) is 18.2 Å². The van der Waals surface area contributed by atoms with Crippen LogP contribution in [0.4, 0.5) is 0 Å². The van der Waals surface area contributed by atoms with Gasteiger partial charge >= 0.3 is 0 Å². The molecule has 122 valence electrons. The first-order valence-electron chi connectivity index (χ1n) is 6.83. The Labute approximate surface area is 143 Å². The van der Waals surface area contributed by atoms with Gasteiger partial charge in [0.2, 0.25) is 0 Å². The van der Waals surface area contributed by atoms with E-state index in [9.17, 15) is 0 Å². The molecule has 0 spiro atoms. The van der Waals surface area contributed by atoms with Crippen molar-refractivity contribution < 1.29 is 9.47 Å². The topological polar surface area (TPSA) is 72.7 Å². The SMILES string of the molecule is CCNC(=NCc1ccnn1C)NCCOCCOC.I. The molecule has 0 aliphatic heterocycles. The molecule has 0 fully saturated rings. The van der Waals surface area contributed by atoms with Gasteiger partial charge in [0.05, 0.1) is 32.1 Å². The van der Waals surface area contributed by atoms with Crippen LogP contribution in [0.15, 0.2) is 17.3 Å². The van der Waals surface area contributed by atoms with Gasteiger partial charge in [-0.15, -0.1) is 24.0 Å². The van der Waals surface area contributed by atoms with Crippen molar-refractivity contribution in [3.05, 3.63) is 18.0 Å². The van der Waals surface area contributed by atoms with E-state index in [1.807, 2.05) is 24.7 Å². The summed E-state index contributed by atoms with van der Waals surface area (Å²) in [6.45, 7) is 6.02. The molecular weight excluding hydrogens is 385 g/mol. The number of aliphatic imine (C=N–C) groups is 1. The van der Waals surface area contributed by atoms with Crippen LogP contribution in [0.2, 0.25) is 0 Å². The molecule has 0 radical (unpaired) electrons. The molecule has 0 aliphatic rings. The van der Waals surface area contributed by atoms with Gasteiger partial charge in [-0.3, -0.25) is 4.68 Å². The van der Waals surface area contributed by atoms with Crippen LogP contribution in [-0.2, 0) is 23.1 Å². The number of nitrogens with zero attached hydrogens (tertiary/aromatic N) is 3. The minimum Gasteiger partial charge on any atom is -0.382 e. The highest BCUT2D eigenvalue weighted by molar-refractivity contribution is 14.0. The average molecular weight is 411 g/mol. The molecule has 0 unspecified atom stereocenters. The largest absolute Gasteiger partial charge is 0.382 e. The van der Waals surface area contributed by atoms with Crippen LogP contribution in [-0.4, -0.2) is 55.8 Å². The quantitative estimate of drug-likeness (QED) is 0.272. The van der Waals surface area contributed by atoms with Crippen molar-refractivity contribution in [1.29, 1.82) is 0 Å². The van der Waals surface area contributed by atoms with E-state index >= 15 is 0 Å². The van der Waals surface area contributed by atoms with E-state index in [1.54, 1.807) is 13.3 Å². The highest BCUT2D eigenvalue weighted by Crippen LogP contribution is 1.97. The van der Waals surface area contributed by atoms with E-state index in [2.05, 4.69) is 20.7 Å². The van der Waals surface area contributed by atoms with Crippen LogP contribution in [0.25, 0.3) is 0 Å². The molecule has 1 rings (SSSR count). The lowest BCUT2D eigenvalue weighted by Gasteiger charge is -2.11. The monoisotopic (exact) mass is 411 g/mol. The van der Waals surface area contributed by atoms with Gasteiger partial charge in [-0.05, 0) is 13.0 Å². The number of hydrogen-bond acceptors (Lipinski definition) is 4. The number of aryl methyl sites for hydroxylation is 1. The molecule has 0 amide bonds. The molecule has 8 heteroatoms. The number of aromatic nitrogens is 2. The molecule has 0 bridgehead atoms. The van der Waals surface area contributed by atoms with Crippen molar-refractivity contribution in [2.75, 3.05) is 40.0 Å². The van der Waals surface area contributed by atoms with Gasteiger partial charge in [0.25, 0.3) is 0 Å². The maximum absolute atomic E-state index is 5.39. The fourth-order valence-electron chi connectivity index (χ4n) is 1.54. The lowest BCUT2D eigenvalue weighted by atomic mass is 10.4. The lowest BCUT2D eigenvalue weighted by molar-refractivity contribution is 0.0733. The summed E-state index contributed by atoms with van der Waals surface area (Å²) in [5.41, 5.74) is 1.07. The number of nitrogens with one attached hydrogen (secondary N) is 2. The van der Waals surface area contributed by atoms with Crippen molar-refractivity contribution in [3.63, 3.8) is 0 Å². The number of methoxy groups -OCH3 is 1. The third kappa shape index (κ3) is 8.89. The number of guanidine groups is 1. The Balaban J connectivity index is 0.00000400. The number of hydrogen-bond donors (Lipinski definition) is 2. The number of rotatable bonds is 9. The minimum absolute atomic E-state index is 0. The normalized spacial score (nSPS) is 11.1. The predicted octanol–water partition coefficient (Wildman–Crippen LogP) is 0.756. The van der Waals surface area contributed by atoms with Crippen LogP contribution >= 0.6 is 24.0 Å². The summed E-state index contributed by atoms with van der Waals surface area (Å²) >= 11 is 0. The third-order valence-corrected chi connectivity index (χ3v) is 2.64. The van der Waals surface area contributed by atoms with Gasteiger partial charge in [-0.25, -0.2) is 4.99 Å². The molecule has 0 saturated heterocycles. The maximum Gasteiger partial charge on any atom is 0.191 e. The molecule has 0 aliphatic carbocycles. The number of halogens is 1. The summed E-state index contributed by atoms with van der Waals surface area (Å²) in [6.07, 6.45) is 1.77. The Morgan fingerprint density at radius 2 is 2.14 bits per heavy atom. The third-order valence-electron chi connectivity index (χ3n) is 2.64. The first-order valence-corrected chi connectivity index (χ1v) is 6.83. The van der Waals surface area contributed by atoms with Gasteiger partial charge in [0.15, 0.2) is 5.96 Å². The highest BCUT2D eigenvalue weighted by atomic mass is 127. The molecule has 2 N–H and O–H groups in total. The van der Waals surface area contributed by atoms with Gasteiger partial charge in [0.1, 0.15) is 0 Å². The summed E-state index contributed by atoms with van der Waals surface area (Å²) in [4.78, 5) is 4.50. The second-order valence-corrected chi connectivity index (χ2v) is 4.17. The minimum atomic E-state index is 0. The van der Waals surface area contributed by atoms with E-state index in [-0.39, 0.29) is 24.0 Å².